The largest absolute Gasteiger partial charge is 0.508 e. The molecule has 3 atom stereocenters. The molecule has 3 unspecified atom stereocenters. The summed E-state index contributed by atoms with van der Waals surface area (Å²) in [5, 5.41) is 20.9. The maximum atomic E-state index is 12.5. The molecule has 0 saturated carbocycles. The Labute approximate surface area is 189 Å². The van der Waals surface area contributed by atoms with Gasteiger partial charge in [-0.2, -0.15) is 0 Å². The SMILES string of the molecule is C/C=C\C1=C(C(=O)O)N2C(=O)C(NC(=O)C(N)c3ccc(O)cc3)C2SC1.CN(C)C=O. The summed E-state index contributed by atoms with van der Waals surface area (Å²) in [6.07, 6.45) is 4.14. The number of allylic oxidation sites excluding steroid dienone is 2. The minimum atomic E-state index is -1.17. The van der Waals surface area contributed by atoms with Crippen LogP contribution in [0.5, 0.6) is 5.75 Å². The monoisotopic (exact) mass is 462 g/mol. The minimum Gasteiger partial charge on any atom is -0.508 e. The maximum Gasteiger partial charge on any atom is 0.352 e. The zero-order chi connectivity index (χ0) is 24.0. The van der Waals surface area contributed by atoms with Gasteiger partial charge in [0.15, 0.2) is 0 Å². The summed E-state index contributed by atoms with van der Waals surface area (Å²) in [6, 6.07) is 4.06. The van der Waals surface area contributed by atoms with Gasteiger partial charge in [-0.05, 0) is 30.2 Å². The predicted octanol–water partition coefficient (Wildman–Crippen LogP) is 0.411. The third-order valence-electron chi connectivity index (χ3n) is 4.61. The maximum absolute atomic E-state index is 12.5. The fourth-order valence-corrected chi connectivity index (χ4v) is 4.37. The Morgan fingerprint density at radius 3 is 2.41 bits per heavy atom. The lowest BCUT2D eigenvalue weighted by atomic mass is 10.0. The van der Waals surface area contributed by atoms with Gasteiger partial charge in [-0.25, -0.2) is 4.79 Å². The van der Waals surface area contributed by atoms with Gasteiger partial charge < -0.3 is 26.2 Å². The number of aliphatic carboxylic acids is 1. The van der Waals surface area contributed by atoms with Gasteiger partial charge in [-0.3, -0.25) is 19.3 Å². The lowest BCUT2D eigenvalue weighted by Gasteiger charge is -2.49. The van der Waals surface area contributed by atoms with Crippen molar-refractivity contribution in [3.63, 3.8) is 0 Å². The summed E-state index contributed by atoms with van der Waals surface area (Å²) in [5.74, 6) is -1.71. The summed E-state index contributed by atoms with van der Waals surface area (Å²) >= 11 is 1.39. The van der Waals surface area contributed by atoms with Gasteiger partial charge in [0.25, 0.3) is 5.91 Å². The highest BCUT2D eigenvalue weighted by atomic mass is 32.2. The number of amides is 3. The van der Waals surface area contributed by atoms with Gasteiger partial charge in [0.1, 0.15) is 28.9 Å². The van der Waals surface area contributed by atoms with Crippen LogP contribution in [0.25, 0.3) is 0 Å². The molecular formula is C21H26N4O6S. The molecule has 32 heavy (non-hydrogen) atoms. The Bertz CT molecular complexity index is 944. The molecule has 3 amide bonds. The first-order chi connectivity index (χ1) is 15.1. The molecule has 5 N–H and O–H groups in total. The van der Waals surface area contributed by atoms with E-state index in [4.69, 9.17) is 5.73 Å². The number of thioether (sulfide) groups is 1. The quantitative estimate of drug-likeness (QED) is 0.350. The number of phenolic OH excluding ortho intramolecular Hbond substituents is 1. The molecule has 172 valence electrons. The Morgan fingerprint density at radius 2 is 1.91 bits per heavy atom. The highest BCUT2D eigenvalue weighted by Crippen LogP contribution is 2.40. The number of benzene rings is 1. The van der Waals surface area contributed by atoms with Gasteiger partial charge in [0.05, 0.1) is 0 Å². The van der Waals surface area contributed by atoms with Crippen molar-refractivity contribution in [2.75, 3.05) is 19.8 Å². The van der Waals surface area contributed by atoms with Crippen molar-refractivity contribution in [1.29, 1.82) is 0 Å². The summed E-state index contributed by atoms with van der Waals surface area (Å²) in [6.45, 7) is 1.77. The van der Waals surface area contributed by atoms with E-state index in [2.05, 4.69) is 5.32 Å². The average molecular weight is 463 g/mol. The van der Waals surface area contributed by atoms with Crippen LogP contribution in [0.15, 0.2) is 47.7 Å². The van der Waals surface area contributed by atoms with Crippen LogP contribution in [-0.2, 0) is 19.2 Å². The summed E-state index contributed by atoms with van der Waals surface area (Å²) < 4.78 is 0. The summed E-state index contributed by atoms with van der Waals surface area (Å²) in [7, 11) is 3.38. The van der Waals surface area contributed by atoms with E-state index >= 15 is 0 Å². The molecule has 2 heterocycles. The lowest BCUT2D eigenvalue weighted by Crippen LogP contribution is -2.71. The van der Waals surface area contributed by atoms with Crippen LogP contribution in [0.3, 0.4) is 0 Å². The standard InChI is InChI=1S/C18H19N3O5S.C3H7NO/c1-2-3-10-8-27-17-13(16(24)21(17)14(10)18(25)26)20-15(23)12(19)9-4-6-11(22)7-5-9;1-4(2)3-5/h2-7,12-13,17,22H,8,19H2,1H3,(H,20,23)(H,25,26);3H,1-2H3/b3-2-;. The highest BCUT2D eigenvalue weighted by molar-refractivity contribution is 8.00. The first-order valence-electron chi connectivity index (χ1n) is 9.62. The van der Waals surface area contributed by atoms with E-state index in [0.29, 0.717) is 16.9 Å². The van der Waals surface area contributed by atoms with E-state index in [0.717, 1.165) is 6.41 Å². The molecule has 10 nitrogen and oxygen atoms in total. The topological polar surface area (TPSA) is 153 Å². The van der Waals surface area contributed by atoms with E-state index in [1.54, 1.807) is 33.2 Å². The molecule has 3 rings (SSSR count). The number of hydrogen-bond acceptors (Lipinski definition) is 7. The molecule has 2 aliphatic rings. The van der Waals surface area contributed by atoms with Gasteiger partial charge in [0.2, 0.25) is 12.3 Å². The number of nitrogens with zero attached hydrogens (tertiary/aromatic N) is 2. The molecule has 0 aromatic heterocycles. The smallest absolute Gasteiger partial charge is 0.352 e. The number of nitrogens with two attached hydrogens (primary N) is 1. The number of fused-ring (bicyclic) bond motifs is 1. The van der Waals surface area contributed by atoms with E-state index in [1.807, 2.05) is 0 Å². The third-order valence-corrected chi connectivity index (χ3v) is 5.91. The Balaban J connectivity index is 0.000000654. The van der Waals surface area contributed by atoms with Gasteiger partial charge in [0, 0.05) is 19.8 Å². The first-order valence-corrected chi connectivity index (χ1v) is 10.7. The second-order valence-corrected chi connectivity index (χ2v) is 8.32. The molecular weight excluding hydrogens is 436 g/mol. The summed E-state index contributed by atoms with van der Waals surface area (Å²) in [4.78, 5) is 48.6. The first kappa shape index (κ1) is 25.0. The number of nitrogens with one attached hydrogen (secondary N) is 1. The number of hydrogen-bond donors (Lipinski definition) is 4. The van der Waals surface area contributed by atoms with Crippen LogP contribution in [0, 0.1) is 0 Å². The van der Waals surface area contributed by atoms with Gasteiger partial charge >= 0.3 is 5.97 Å². The molecule has 0 bridgehead atoms. The molecule has 11 heteroatoms. The van der Waals surface area contributed by atoms with Crippen LogP contribution in [-0.4, -0.2) is 75.5 Å². The highest BCUT2D eigenvalue weighted by Gasteiger charge is 2.54. The Hall–Kier alpha value is -3.31. The van der Waals surface area contributed by atoms with Crippen LogP contribution in [0.1, 0.15) is 18.5 Å². The van der Waals surface area contributed by atoms with Gasteiger partial charge in [-0.1, -0.05) is 24.3 Å². The molecule has 0 radical (unpaired) electrons. The lowest BCUT2D eigenvalue weighted by molar-refractivity contribution is -0.150. The number of carboxylic acids is 1. The van der Waals surface area contributed by atoms with E-state index in [1.165, 1.54) is 45.8 Å². The fraction of sp³-hybridized carbons (Fsp3) is 0.333. The summed E-state index contributed by atoms with van der Waals surface area (Å²) in [5.41, 5.74) is 6.93. The van der Waals surface area contributed by atoms with Crippen LogP contribution in [0.4, 0.5) is 0 Å². The molecule has 1 saturated heterocycles. The molecule has 1 aromatic rings. The normalized spacial score (nSPS) is 20.5. The Kier molecular flexibility index (Phi) is 8.44. The van der Waals surface area contributed by atoms with Crippen molar-refractivity contribution in [3.05, 3.63) is 53.3 Å². The van der Waals surface area contributed by atoms with Crippen molar-refractivity contribution in [2.24, 2.45) is 5.73 Å². The average Bonchev–Trinajstić information content (AvgIpc) is 2.77. The number of carboxylic acid groups (broad SMARTS) is 1. The number of carbonyl (C=O) groups excluding carboxylic acids is 3. The number of carbonyl (C=O) groups is 4. The van der Waals surface area contributed by atoms with Crippen molar-refractivity contribution in [3.8, 4) is 5.75 Å². The molecule has 1 fully saturated rings. The van der Waals surface area contributed by atoms with E-state index in [9.17, 15) is 29.4 Å². The van der Waals surface area contributed by atoms with E-state index in [-0.39, 0.29) is 11.4 Å². The third kappa shape index (κ3) is 5.48. The van der Waals surface area contributed by atoms with Crippen LogP contribution >= 0.6 is 11.8 Å². The predicted molar refractivity (Wildman–Crippen MR) is 119 cm³/mol. The van der Waals surface area contributed by atoms with Crippen molar-refractivity contribution in [1.82, 2.24) is 15.1 Å². The van der Waals surface area contributed by atoms with E-state index < -0.39 is 35.2 Å². The van der Waals surface area contributed by atoms with Crippen LogP contribution in [0.2, 0.25) is 0 Å². The number of β-lactam (4-membered cyclic amide) rings is 1. The number of aromatic hydroxyl groups is 1. The van der Waals surface area contributed by atoms with Gasteiger partial charge in [-0.15, -0.1) is 11.8 Å². The fourth-order valence-electron chi connectivity index (χ4n) is 3.05. The van der Waals surface area contributed by atoms with Crippen LogP contribution < -0.4 is 11.1 Å². The van der Waals surface area contributed by atoms with Crippen molar-refractivity contribution in [2.45, 2.75) is 24.4 Å². The zero-order valence-electron chi connectivity index (χ0n) is 17.9. The molecule has 0 spiro atoms. The zero-order valence-corrected chi connectivity index (χ0v) is 18.7. The second kappa shape index (κ2) is 10.8. The number of rotatable bonds is 6. The molecule has 1 aromatic carbocycles. The van der Waals surface area contributed by atoms with Crippen molar-refractivity contribution < 1.29 is 29.4 Å². The number of phenols is 1. The second-order valence-electron chi connectivity index (χ2n) is 7.21. The Morgan fingerprint density at radius 1 is 1.31 bits per heavy atom. The molecule has 2 aliphatic heterocycles. The molecule has 0 aliphatic carbocycles. The van der Waals surface area contributed by atoms with Crippen molar-refractivity contribution >= 4 is 36.0 Å². The minimum absolute atomic E-state index is 0.0461.